The molecule has 5 N–H and O–H groups in total. The van der Waals surface area contributed by atoms with Crippen molar-refractivity contribution < 1.29 is 47.6 Å². The predicted octanol–water partition coefficient (Wildman–Crippen LogP) is 3.90. The third-order valence-corrected chi connectivity index (χ3v) is 15.4. The number of methoxy groups -OCH3 is 2. The van der Waals surface area contributed by atoms with Gasteiger partial charge in [0.15, 0.2) is 36.0 Å². The van der Waals surface area contributed by atoms with Crippen LogP contribution in [0.4, 0.5) is 0 Å². The molecular weight excluding hydrogens is 1060 g/mol. The number of nitrogens with two attached hydrogens (primary N) is 2. The number of ether oxygens (including phenoxy) is 6. The first-order chi connectivity index (χ1) is 38.4. The smallest absolute Gasteiger partial charge is 0.364 e. The summed E-state index contributed by atoms with van der Waals surface area (Å²) in [5, 5.41) is 24.0. The van der Waals surface area contributed by atoms with Gasteiger partial charge in [-0.15, -0.1) is 33.7 Å². The van der Waals surface area contributed by atoms with E-state index in [1.165, 1.54) is 53.9 Å². The van der Waals surface area contributed by atoms with Crippen LogP contribution in [-0.4, -0.2) is 136 Å². The molecule has 8 aromatic rings. The zero-order valence-electron chi connectivity index (χ0n) is 42.1. The second-order valence-corrected chi connectivity index (χ2v) is 20.1. The molecule has 0 spiro atoms. The van der Waals surface area contributed by atoms with Crippen molar-refractivity contribution in [3.63, 3.8) is 0 Å². The molecule has 4 aliphatic heterocycles. The van der Waals surface area contributed by atoms with Crippen LogP contribution in [0.2, 0.25) is 0 Å². The van der Waals surface area contributed by atoms with Crippen molar-refractivity contribution in [2.24, 2.45) is 11.5 Å². The number of rotatable bonds is 16. The minimum Gasteiger partial charge on any atom is -0.448 e. The first kappa shape index (κ1) is 52.6. The van der Waals surface area contributed by atoms with E-state index in [0.717, 1.165) is 26.8 Å². The van der Waals surface area contributed by atoms with E-state index in [4.69, 9.17) is 39.9 Å². The van der Waals surface area contributed by atoms with Crippen LogP contribution in [0.5, 0.6) is 0 Å². The van der Waals surface area contributed by atoms with Gasteiger partial charge >= 0.3 is 17.6 Å². The lowest BCUT2D eigenvalue weighted by Crippen LogP contribution is -2.80. The molecule has 4 atom stereocenters. The van der Waals surface area contributed by atoms with Crippen molar-refractivity contribution in [3.05, 3.63) is 207 Å². The molecule has 4 aromatic carbocycles. The fourth-order valence-electron chi connectivity index (χ4n) is 9.27. The van der Waals surface area contributed by atoms with Gasteiger partial charge in [-0.1, -0.05) is 121 Å². The molecule has 0 aliphatic carbocycles. The molecule has 12 rings (SSSR count). The van der Waals surface area contributed by atoms with Gasteiger partial charge < -0.3 is 28.4 Å². The molecule has 23 nitrogen and oxygen atoms in total. The van der Waals surface area contributed by atoms with Gasteiger partial charge in [0.2, 0.25) is 11.4 Å². The number of fused-ring (bicyclic) bond motifs is 4. The Morgan fingerprint density at radius 3 is 1.47 bits per heavy atom. The third-order valence-electron chi connectivity index (χ3n) is 13.4. The Bertz CT molecular complexity index is 3640. The van der Waals surface area contributed by atoms with Crippen LogP contribution in [0.3, 0.4) is 0 Å². The molecule has 4 aliphatic rings. The summed E-state index contributed by atoms with van der Waals surface area (Å²) in [6, 6.07) is 44.5. The topological polar surface area (TPSA) is 288 Å². The van der Waals surface area contributed by atoms with E-state index in [1.54, 1.807) is 22.7 Å². The molecule has 25 heteroatoms. The third kappa shape index (κ3) is 9.97. The van der Waals surface area contributed by atoms with Crippen LogP contribution in [0.25, 0.3) is 11.3 Å². The van der Waals surface area contributed by atoms with Crippen LogP contribution in [0.1, 0.15) is 34.5 Å². The summed E-state index contributed by atoms with van der Waals surface area (Å²) < 4.78 is 37.2. The van der Waals surface area contributed by atoms with E-state index in [-0.39, 0.29) is 30.4 Å². The molecule has 2 saturated heterocycles. The molecule has 4 unspecified atom stereocenters. The molecule has 8 heterocycles. The van der Waals surface area contributed by atoms with Crippen molar-refractivity contribution in [2.75, 3.05) is 38.9 Å². The Hall–Kier alpha value is -8.40. The Morgan fingerprint density at radius 2 is 1.04 bits per heavy atom. The Balaban J connectivity index is 0.000000167. The number of H-pyrrole nitrogens is 1. The maximum absolute atomic E-state index is 13.9. The summed E-state index contributed by atoms with van der Waals surface area (Å²) >= 11 is 2.64. The number of thioether (sulfide) groups is 2. The van der Waals surface area contributed by atoms with Gasteiger partial charge in [-0.2, -0.15) is 24.3 Å². The van der Waals surface area contributed by atoms with Gasteiger partial charge in [0.25, 0.3) is 11.8 Å². The normalized spacial score (nSPS) is 20.6. The molecule has 0 saturated carbocycles. The highest BCUT2D eigenvalue weighted by molar-refractivity contribution is 7.99. The summed E-state index contributed by atoms with van der Waals surface area (Å²) in [5.41, 5.74) is 13.8. The first-order valence-corrected chi connectivity index (χ1v) is 26.4. The largest absolute Gasteiger partial charge is 0.448 e. The molecule has 2 amide bonds. The Labute approximate surface area is 457 Å². The number of aromatic nitrogens is 8. The van der Waals surface area contributed by atoms with E-state index in [9.17, 15) is 24.0 Å². The minimum absolute atomic E-state index is 0.00341. The molecule has 79 heavy (non-hydrogen) atoms. The maximum Gasteiger partial charge on any atom is 0.364 e. The van der Waals surface area contributed by atoms with Crippen molar-refractivity contribution in [3.8, 4) is 0 Å². The number of hydrogen-bond acceptors (Lipinski definition) is 20. The van der Waals surface area contributed by atoms with Gasteiger partial charge in [-0.3, -0.25) is 30.9 Å². The number of nitrogens with zero attached hydrogens (tertiary/aromatic N) is 9. The number of benzene rings is 4. The molecule has 4 aromatic heterocycles. The number of nitrogens with one attached hydrogen (secondary N) is 1. The lowest BCUT2D eigenvalue weighted by Gasteiger charge is -2.54. The van der Waals surface area contributed by atoms with Crippen LogP contribution in [0, 0.1) is 0 Å². The summed E-state index contributed by atoms with van der Waals surface area (Å²) in [7, 11) is 2.64. The number of carbonyl (C=O) groups is 4. The maximum atomic E-state index is 13.9. The summed E-state index contributed by atoms with van der Waals surface area (Å²) in [4.78, 5) is 68.5. The number of amides is 2. The zero-order valence-corrected chi connectivity index (χ0v) is 43.7. The Kier molecular flexibility index (Phi) is 14.8. The van der Waals surface area contributed by atoms with Crippen molar-refractivity contribution in [1.29, 1.82) is 0 Å². The van der Waals surface area contributed by atoms with Gasteiger partial charge in [-0.25, -0.2) is 19.5 Å². The highest BCUT2D eigenvalue weighted by Gasteiger charge is 2.66. The fraction of sp³-hybridized carbons (Fsp3) is 0.222. The van der Waals surface area contributed by atoms with Crippen molar-refractivity contribution in [1.82, 2.24) is 49.4 Å². The van der Waals surface area contributed by atoms with Gasteiger partial charge in [0.05, 0.1) is 13.2 Å². The molecule has 0 bridgehead atoms. The summed E-state index contributed by atoms with van der Waals surface area (Å²) in [6.45, 7) is 0.0633. The monoisotopic (exact) mass is 1100 g/mol. The standard InChI is InChI=1S/C27H24N6O6S.C27H24N6O5S/c1-37-27(28)24(35)32-21(23(34)39-22(16-8-4-2-5-9-16)17-10-6-3-7-11-17)18(14-38-25(27)32)15-40-20-13-12-19-29-30-26(36)33(19)31-20;1-36-27(28)25(35)33-22(24(34)38-23(17-8-4-2-5-9-17)18-10-6-3-7-11-18)19(14-37-26(27)33)15-39-21-13-12-20-30-29-16-32(20)31-21/h2-13,22,25H,14-15,28H2,1H3,(H,30,36);2-13,16,23,26H,14-15,28H2,1H3. The lowest BCUT2D eigenvalue weighted by molar-refractivity contribution is -0.248. The number of hydrogen-bond donors (Lipinski definition) is 3. The average molecular weight is 1110 g/mol. The summed E-state index contributed by atoms with van der Waals surface area (Å²) in [6.07, 6.45) is -1.86. The minimum atomic E-state index is -1.71. The fourth-order valence-corrected chi connectivity index (χ4v) is 11.0. The van der Waals surface area contributed by atoms with E-state index >= 15 is 0 Å². The zero-order chi connectivity index (χ0) is 54.8. The SMILES string of the molecule is COC1(N)C(=O)N2C(C(=O)OC(c3ccccc3)c3ccccc3)=C(CSc3ccc4n[nH]c(=O)n4n3)COC21.COC1(N)C(=O)N2C(C(=O)OC(c3ccccc3)c3ccccc3)=C(CSc3ccc4nncn4n3)COC21. The first-order valence-electron chi connectivity index (χ1n) is 24.4. The second-order valence-electron chi connectivity index (χ2n) is 18.1. The van der Waals surface area contributed by atoms with Gasteiger partial charge in [0.1, 0.15) is 27.8 Å². The van der Waals surface area contributed by atoms with Crippen LogP contribution >= 0.6 is 23.5 Å². The second kappa shape index (κ2) is 22.2. The number of β-lactam (4-membered cyclic amide) rings is 2. The molecular formula is C54H48N12O11S2. The molecule has 402 valence electrons. The lowest BCUT2D eigenvalue weighted by atomic mass is 9.95. The number of esters is 2. The van der Waals surface area contributed by atoms with E-state index in [1.807, 2.05) is 127 Å². The van der Waals surface area contributed by atoms with E-state index in [0.29, 0.717) is 38.2 Å². The van der Waals surface area contributed by atoms with Gasteiger partial charge in [-0.05, 0) is 57.7 Å². The average Bonchev–Trinajstić information content (AvgIpc) is 4.31. The Morgan fingerprint density at radius 1 is 0.620 bits per heavy atom. The van der Waals surface area contributed by atoms with Crippen LogP contribution in [-0.2, 0) is 47.6 Å². The number of carbonyl (C=O) groups excluding carboxylic acids is 4. The molecule has 0 radical (unpaired) electrons. The van der Waals surface area contributed by atoms with Crippen molar-refractivity contribution >= 4 is 58.6 Å². The molecule has 2 fully saturated rings. The summed E-state index contributed by atoms with van der Waals surface area (Å²) in [5.74, 6) is -2.03. The van der Waals surface area contributed by atoms with E-state index < -0.39 is 65.6 Å². The highest BCUT2D eigenvalue weighted by atomic mass is 32.2. The quantitative estimate of drug-likeness (QED) is 0.0535. The van der Waals surface area contributed by atoms with Crippen molar-refractivity contribution in [2.45, 2.75) is 46.2 Å². The van der Waals surface area contributed by atoms with Crippen LogP contribution in [0.15, 0.2) is 189 Å². The van der Waals surface area contributed by atoms with E-state index in [2.05, 4.69) is 30.6 Å². The van der Waals surface area contributed by atoms with Gasteiger partial charge in [0, 0.05) is 25.7 Å². The predicted molar refractivity (Wildman–Crippen MR) is 283 cm³/mol. The highest BCUT2D eigenvalue weighted by Crippen LogP contribution is 2.43. The van der Waals surface area contributed by atoms with Crippen LogP contribution < -0.4 is 17.2 Å². The number of aromatic amines is 1.